The second-order valence-corrected chi connectivity index (χ2v) is 8.78. The molecule has 0 bridgehead atoms. The summed E-state index contributed by atoms with van der Waals surface area (Å²) in [5, 5.41) is 6.65. The van der Waals surface area contributed by atoms with Gasteiger partial charge in [0.15, 0.2) is 0 Å². The van der Waals surface area contributed by atoms with Crippen LogP contribution in [0.25, 0.3) is 21.7 Å². The molecule has 10 heteroatoms. The second kappa shape index (κ2) is 7.94. The Kier molecular flexibility index (Phi) is 5.41. The second-order valence-electron chi connectivity index (χ2n) is 7.49. The van der Waals surface area contributed by atoms with E-state index in [2.05, 4.69) is 15.5 Å². The summed E-state index contributed by atoms with van der Waals surface area (Å²) in [6.07, 6.45) is -4.64. The Morgan fingerprint density at radius 1 is 1.12 bits per heavy atom. The number of rotatable bonds is 4. The van der Waals surface area contributed by atoms with E-state index in [1.165, 1.54) is 23.5 Å². The van der Waals surface area contributed by atoms with Crippen molar-refractivity contribution in [3.8, 4) is 10.6 Å². The number of hydrogen-bond donors (Lipinski definition) is 1. The van der Waals surface area contributed by atoms with Crippen LogP contribution in [0.4, 0.5) is 24.5 Å². The third-order valence-corrected chi connectivity index (χ3v) is 5.95. The number of hydrogen-bond acceptors (Lipinski definition) is 6. The maximum absolute atomic E-state index is 13.7. The summed E-state index contributed by atoms with van der Waals surface area (Å²) in [5.41, 5.74) is 0.294. The standard InChI is InChI=1S/C22H19F3N4O2S/c1-11-5-8-18(32-11)17-10-14(19-12(2)28-31-21(19)27-17)20(30)26-16-7-6-13(29(3)4)9-15(16)22(23,24)25/h5-10H,1-4H3,(H,26,30). The molecule has 1 aromatic carbocycles. The number of nitrogens with zero attached hydrogens (tertiary/aromatic N) is 3. The van der Waals surface area contributed by atoms with Crippen molar-refractivity contribution in [2.24, 2.45) is 0 Å². The van der Waals surface area contributed by atoms with Gasteiger partial charge in [-0.1, -0.05) is 5.16 Å². The van der Waals surface area contributed by atoms with Crippen LogP contribution >= 0.6 is 11.3 Å². The molecule has 0 aliphatic rings. The Labute approximate surface area is 185 Å². The number of pyridine rings is 1. The smallest absolute Gasteiger partial charge is 0.378 e. The molecule has 0 saturated carbocycles. The van der Waals surface area contributed by atoms with Gasteiger partial charge in [-0.05, 0) is 50.2 Å². The number of benzene rings is 1. The molecule has 0 fully saturated rings. The molecule has 32 heavy (non-hydrogen) atoms. The van der Waals surface area contributed by atoms with Gasteiger partial charge < -0.3 is 14.7 Å². The Balaban J connectivity index is 1.80. The predicted molar refractivity (Wildman–Crippen MR) is 118 cm³/mol. The van der Waals surface area contributed by atoms with Crippen molar-refractivity contribution in [2.45, 2.75) is 20.0 Å². The lowest BCUT2D eigenvalue weighted by Gasteiger charge is -2.19. The lowest BCUT2D eigenvalue weighted by atomic mass is 10.1. The van der Waals surface area contributed by atoms with E-state index in [-0.39, 0.29) is 17.0 Å². The number of aryl methyl sites for hydroxylation is 2. The van der Waals surface area contributed by atoms with Gasteiger partial charge in [-0.25, -0.2) is 4.98 Å². The van der Waals surface area contributed by atoms with Gasteiger partial charge in [0.25, 0.3) is 11.6 Å². The van der Waals surface area contributed by atoms with Gasteiger partial charge in [-0.2, -0.15) is 13.2 Å². The number of fused-ring (bicyclic) bond motifs is 1. The SMILES string of the molecule is Cc1ccc(-c2cc(C(=O)Nc3ccc(N(C)C)cc3C(F)(F)F)c3c(C)noc3n2)s1. The Morgan fingerprint density at radius 2 is 1.88 bits per heavy atom. The van der Waals surface area contributed by atoms with E-state index in [9.17, 15) is 18.0 Å². The lowest BCUT2D eigenvalue weighted by Crippen LogP contribution is -2.18. The average molecular weight is 460 g/mol. The largest absolute Gasteiger partial charge is 0.418 e. The topological polar surface area (TPSA) is 71.3 Å². The summed E-state index contributed by atoms with van der Waals surface area (Å²) >= 11 is 1.48. The predicted octanol–water partition coefficient (Wildman–Crippen LogP) is 5.91. The molecule has 6 nitrogen and oxygen atoms in total. The highest BCUT2D eigenvalue weighted by molar-refractivity contribution is 7.15. The molecule has 0 unspecified atom stereocenters. The van der Waals surface area contributed by atoms with E-state index >= 15 is 0 Å². The molecule has 166 valence electrons. The fourth-order valence-electron chi connectivity index (χ4n) is 3.32. The van der Waals surface area contributed by atoms with Crippen molar-refractivity contribution < 1.29 is 22.5 Å². The lowest BCUT2D eigenvalue weighted by molar-refractivity contribution is -0.136. The molecule has 3 heterocycles. The first-order chi connectivity index (χ1) is 15.0. The van der Waals surface area contributed by atoms with Crippen LogP contribution in [0.2, 0.25) is 0 Å². The summed E-state index contributed by atoms with van der Waals surface area (Å²) in [7, 11) is 3.29. The first kappa shape index (κ1) is 21.8. The van der Waals surface area contributed by atoms with Crippen molar-refractivity contribution in [1.82, 2.24) is 10.1 Å². The number of halogens is 3. The van der Waals surface area contributed by atoms with E-state index < -0.39 is 17.6 Å². The molecule has 0 aliphatic heterocycles. The highest BCUT2D eigenvalue weighted by Gasteiger charge is 2.35. The number of nitrogens with one attached hydrogen (secondary N) is 1. The highest BCUT2D eigenvalue weighted by Crippen LogP contribution is 2.38. The van der Waals surface area contributed by atoms with Gasteiger partial charge >= 0.3 is 6.18 Å². The third-order valence-electron chi connectivity index (χ3n) is 4.93. The van der Waals surface area contributed by atoms with Crippen molar-refractivity contribution in [3.05, 3.63) is 58.1 Å². The monoisotopic (exact) mass is 460 g/mol. The molecular weight excluding hydrogens is 441 g/mol. The van der Waals surface area contributed by atoms with Gasteiger partial charge in [-0.15, -0.1) is 11.3 Å². The van der Waals surface area contributed by atoms with Crippen LogP contribution in [-0.2, 0) is 6.18 Å². The highest BCUT2D eigenvalue weighted by atomic mass is 32.1. The first-order valence-corrected chi connectivity index (χ1v) is 10.4. The van der Waals surface area contributed by atoms with E-state index in [0.717, 1.165) is 15.8 Å². The molecule has 1 N–H and O–H groups in total. The maximum Gasteiger partial charge on any atom is 0.418 e. The summed E-state index contributed by atoms with van der Waals surface area (Å²) in [5.74, 6) is -0.707. The van der Waals surface area contributed by atoms with E-state index in [4.69, 9.17) is 4.52 Å². The summed E-state index contributed by atoms with van der Waals surface area (Å²) in [6.45, 7) is 3.58. The Morgan fingerprint density at radius 3 is 2.50 bits per heavy atom. The molecule has 4 rings (SSSR count). The summed E-state index contributed by atoms with van der Waals surface area (Å²) < 4.78 is 46.3. The van der Waals surface area contributed by atoms with Gasteiger partial charge in [-0.3, -0.25) is 4.79 Å². The van der Waals surface area contributed by atoms with Crippen LogP contribution in [-0.4, -0.2) is 30.1 Å². The fraction of sp³-hybridized carbons (Fsp3) is 0.227. The van der Waals surface area contributed by atoms with E-state index in [0.29, 0.717) is 22.5 Å². The summed E-state index contributed by atoms with van der Waals surface area (Å²) in [6, 6.07) is 9.09. The van der Waals surface area contributed by atoms with Crippen LogP contribution in [0.1, 0.15) is 26.5 Å². The van der Waals surface area contributed by atoms with Crippen molar-refractivity contribution in [1.29, 1.82) is 0 Å². The van der Waals surface area contributed by atoms with Crippen molar-refractivity contribution in [3.63, 3.8) is 0 Å². The molecule has 0 atom stereocenters. The quantitative estimate of drug-likeness (QED) is 0.410. The Bertz CT molecular complexity index is 1320. The average Bonchev–Trinajstić information content (AvgIpc) is 3.32. The zero-order chi connectivity index (χ0) is 23.2. The molecule has 0 aliphatic carbocycles. The molecule has 1 amide bonds. The number of carbonyl (C=O) groups is 1. The van der Waals surface area contributed by atoms with Crippen LogP contribution in [0, 0.1) is 13.8 Å². The number of amides is 1. The zero-order valence-electron chi connectivity index (χ0n) is 17.7. The number of carbonyl (C=O) groups excluding carboxylic acids is 1. The third kappa shape index (κ3) is 4.05. The molecule has 4 aromatic rings. The van der Waals surface area contributed by atoms with Gasteiger partial charge in [0.1, 0.15) is 0 Å². The first-order valence-electron chi connectivity index (χ1n) is 9.58. The fourth-order valence-corrected chi connectivity index (χ4v) is 4.14. The molecule has 3 aromatic heterocycles. The molecule has 0 spiro atoms. The minimum absolute atomic E-state index is 0.139. The van der Waals surface area contributed by atoms with Crippen LogP contribution in [0.15, 0.2) is 40.9 Å². The van der Waals surface area contributed by atoms with Gasteiger partial charge in [0.05, 0.1) is 38.5 Å². The van der Waals surface area contributed by atoms with Crippen LogP contribution < -0.4 is 10.2 Å². The van der Waals surface area contributed by atoms with Crippen molar-refractivity contribution >= 4 is 39.7 Å². The number of anilines is 2. The van der Waals surface area contributed by atoms with E-state index in [1.54, 1.807) is 32.0 Å². The molecule has 0 radical (unpaired) electrons. The van der Waals surface area contributed by atoms with Gasteiger partial charge in [0.2, 0.25) is 0 Å². The number of aromatic nitrogens is 2. The van der Waals surface area contributed by atoms with Crippen LogP contribution in [0.3, 0.4) is 0 Å². The number of alkyl halides is 3. The minimum Gasteiger partial charge on any atom is -0.378 e. The summed E-state index contributed by atoms with van der Waals surface area (Å²) in [4.78, 5) is 21.0. The molecule has 0 saturated heterocycles. The van der Waals surface area contributed by atoms with Crippen LogP contribution in [0.5, 0.6) is 0 Å². The number of thiophene rings is 1. The van der Waals surface area contributed by atoms with E-state index in [1.807, 2.05) is 19.1 Å². The minimum atomic E-state index is -4.64. The zero-order valence-corrected chi connectivity index (χ0v) is 18.5. The maximum atomic E-state index is 13.7. The van der Waals surface area contributed by atoms with Crippen molar-refractivity contribution in [2.75, 3.05) is 24.3 Å². The molecular formula is C22H19F3N4O2S. The Hall–Kier alpha value is -3.40. The normalized spacial score (nSPS) is 11.7. The van der Waals surface area contributed by atoms with Gasteiger partial charge in [0, 0.05) is 24.7 Å².